The minimum atomic E-state index is -0.00794. The molecule has 5 nitrogen and oxygen atoms in total. The zero-order valence-electron chi connectivity index (χ0n) is 17.4. The second-order valence-electron chi connectivity index (χ2n) is 8.21. The Morgan fingerprint density at radius 1 is 1.18 bits per heavy atom. The molecule has 1 aliphatic heterocycles. The lowest BCUT2D eigenvalue weighted by molar-refractivity contribution is -0.126. The highest BCUT2D eigenvalue weighted by Crippen LogP contribution is 2.42. The summed E-state index contributed by atoms with van der Waals surface area (Å²) in [6.45, 7) is 3.80. The van der Waals surface area contributed by atoms with Crippen LogP contribution in [-0.2, 0) is 10.2 Å². The Bertz CT molecular complexity index is 647. The summed E-state index contributed by atoms with van der Waals surface area (Å²) in [6, 6.07) is 6.65. The zero-order chi connectivity index (χ0) is 19.3. The molecule has 1 aromatic carbocycles. The highest BCUT2D eigenvalue weighted by molar-refractivity contribution is 5.85. The minimum absolute atomic E-state index is 0. The molecule has 2 N–H and O–H groups in total. The molecule has 0 radical (unpaired) electrons. The lowest BCUT2D eigenvalue weighted by atomic mass is 9.69. The molecule has 1 saturated carbocycles. The monoisotopic (exact) mass is 410 g/mol. The fraction of sp³-hybridized carbons (Fsp3) is 0.682. The maximum atomic E-state index is 12.8. The van der Waals surface area contributed by atoms with Gasteiger partial charge >= 0.3 is 0 Å². The minimum Gasteiger partial charge on any atom is -0.493 e. The van der Waals surface area contributed by atoms with Crippen LogP contribution in [0.25, 0.3) is 0 Å². The van der Waals surface area contributed by atoms with Crippen molar-refractivity contribution in [1.29, 1.82) is 0 Å². The van der Waals surface area contributed by atoms with Crippen molar-refractivity contribution in [2.45, 2.75) is 63.3 Å². The van der Waals surface area contributed by atoms with Gasteiger partial charge < -0.3 is 20.1 Å². The quantitative estimate of drug-likeness (QED) is 0.748. The molecular formula is C22H35ClN2O3. The molecule has 158 valence electrons. The lowest BCUT2D eigenvalue weighted by Gasteiger charge is -2.39. The van der Waals surface area contributed by atoms with E-state index in [4.69, 9.17) is 9.47 Å². The molecule has 1 heterocycles. The number of benzene rings is 1. The summed E-state index contributed by atoms with van der Waals surface area (Å²) in [4.78, 5) is 12.8. The van der Waals surface area contributed by atoms with E-state index in [2.05, 4.69) is 29.7 Å². The van der Waals surface area contributed by atoms with E-state index in [9.17, 15) is 4.79 Å². The average molecular weight is 411 g/mol. The van der Waals surface area contributed by atoms with Gasteiger partial charge in [-0.05, 0) is 56.8 Å². The molecule has 1 amide bonds. The van der Waals surface area contributed by atoms with Crippen molar-refractivity contribution in [2.75, 3.05) is 27.3 Å². The van der Waals surface area contributed by atoms with Gasteiger partial charge in [-0.1, -0.05) is 25.3 Å². The van der Waals surface area contributed by atoms with E-state index < -0.39 is 0 Å². The Hall–Kier alpha value is -1.46. The molecule has 1 aliphatic carbocycles. The predicted octanol–water partition coefficient (Wildman–Crippen LogP) is 3.83. The number of hydrogen-bond donors (Lipinski definition) is 2. The van der Waals surface area contributed by atoms with Crippen LogP contribution in [0.4, 0.5) is 0 Å². The van der Waals surface area contributed by atoms with E-state index in [1.807, 2.05) is 6.07 Å². The third-order valence-corrected chi connectivity index (χ3v) is 6.40. The number of hydrogen-bond acceptors (Lipinski definition) is 4. The summed E-state index contributed by atoms with van der Waals surface area (Å²) in [6.07, 6.45) is 7.74. The summed E-state index contributed by atoms with van der Waals surface area (Å²) in [5.41, 5.74) is 1.24. The SMILES string of the molecule is COc1ccc(C2(CNC(=O)[C@H]3CCN[C@@H](C)C3)CCCCC2)cc1OC.Cl. The number of rotatable bonds is 6. The standard InChI is InChI=1S/C22H34N2O3.ClH/c1-16-13-17(9-12-23-16)21(25)24-15-22(10-5-4-6-11-22)18-7-8-19(26-2)20(14-18)27-3;/h7-8,14,16-17,23H,4-6,9-13,15H2,1-3H3,(H,24,25);1H/t16-,17-;/m0./s1. The van der Waals surface area contributed by atoms with Gasteiger partial charge in [0.1, 0.15) is 0 Å². The fourth-order valence-electron chi connectivity index (χ4n) is 4.73. The van der Waals surface area contributed by atoms with Gasteiger partial charge in [-0.3, -0.25) is 4.79 Å². The molecule has 0 spiro atoms. The molecule has 6 heteroatoms. The van der Waals surface area contributed by atoms with Gasteiger partial charge in [-0.15, -0.1) is 12.4 Å². The number of methoxy groups -OCH3 is 2. The number of carbonyl (C=O) groups is 1. The zero-order valence-corrected chi connectivity index (χ0v) is 18.2. The predicted molar refractivity (Wildman–Crippen MR) is 115 cm³/mol. The summed E-state index contributed by atoms with van der Waals surface area (Å²) in [5.74, 6) is 1.86. The van der Waals surface area contributed by atoms with Crippen molar-refractivity contribution < 1.29 is 14.3 Å². The third kappa shape index (κ3) is 5.12. The average Bonchev–Trinajstić information content (AvgIpc) is 2.72. The maximum Gasteiger partial charge on any atom is 0.223 e. The molecule has 1 saturated heterocycles. The van der Waals surface area contributed by atoms with Crippen LogP contribution in [0.5, 0.6) is 11.5 Å². The van der Waals surface area contributed by atoms with Crippen LogP contribution in [-0.4, -0.2) is 39.3 Å². The van der Waals surface area contributed by atoms with Crippen molar-refractivity contribution in [1.82, 2.24) is 10.6 Å². The van der Waals surface area contributed by atoms with E-state index in [1.54, 1.807) is 14.2 Å². The van der Waals surface area contributed by atoms with Crippen LogP contribution in [0, 0.1) is 5.92 Å². The highest BCUT2D eigenvalue weighted by atomic mass is 35.5. The van der Waals surface area contributed by atoms with Crippen LogP contribution in [0.3, 0.4) is 0 Å². The first-order valence-corrected chi connectivity index (χ1v) is 10.3. The molecule has 0 unspecified atom stereocenters. The topological polar surface area (TPSA) is 59.6 Å². The Morgan fingerprint density at radius 3 is 2.54 bits per heavy atom. The molecule has 0 aromatic heterocycles. The van der Waals surface area contributed by atoms with Crippen molar-refractivity contribution in [3.05, 3.63) is 23.8 Å². The molecule has 2 fully saturated rings. The summed E-state index contributed by atoms with van der Waals surface area (Å²) >= 11 is 0. The van der Waals surface area contributed by atoms with E-state index in [0.717, 1.165) is 43.7 Å². The van der Waals surface area contributed by atoms with Crippen molar-refractivity contribution in [3.8, 4) is 11.5 Å². The smallest absolute Gasteiger partial charge is 0.223 e. The second-order valence-corrected chi connectivity index (χ2v) is 8.21. The Labute approximate surface area is 175 Å². The van der Waals surface area contributed by atoms with Gasteiger partial charge in [-0.25, -0.2) is 0 Å². The third-order valence-electron chi connectivity index (χ3n) is 6.40. The second kappa shape index (κ2) is 10.4. The van der Waals surface area contributed by atoms with E-state index >= 15 is 0 Å². The summed E-state index contributed by atoms with van der Waals surface area (Å²) in [5, 5.41) is 6.73. The van der Waals surface area contributed by atoms with Crippen LogP contribution >= 0.6 is 12.4 Å². The van der Waals surface area contributed by atoms with E-state index in [0.29, 0.717) is 12.6 Å². The number of nitrogens with one attached hydrogen (secondary N) is 2. The largest absolute Gasteiger partial charge is 0.493 e. The number of piperidine rings is 1. The molecule has 28 heavy (non-hydrogen) atoms. The molecule has 2 aliphatic rings. The van der Waals surface area contributed by atoms with E-state index in [1.165, 1.54) is 24.8 Å². The molecular weight excluding hydrogens is 376 g/mol. The molecule has 3 rings (SSSR count). The Balaban J connectivity index is 0.00000280. The first-order valence-electron chi connectivity index (χ1n) is 10.3. The summed E-state index contributed by atoms with van der Waals surface area (Å²) < 4.78 is 10.9. The number of halogens is 1. The molecule has 0 bridgehead atoms. The van der Waals surface area contributed by atoms with Gasteiger partial charge in [0.05, 0.1) is 14.2 Å². The van der Waals surface area contributed by atoms with Crippen LogP contribution in [0.15, 0.2) is 18.2 Å². The Morgan fingerprint density at radius 2 is 1.89 bits per heavy atom. The number of carbonyl (C=O) groups excluding carboxylic acids is 1. The molecule has 1 aromatic rings. The van der Waals surface area contributed by atoms with Gasteiger partial charge in [0.15, 0.2) is 11.5 Å². The highest BCUT2D eigenvalue weighted by Gasteiger charge is 2.36. The van der Waals surface area contributed by atoms with Gasteiger partial charge in [-0.2, -0.15) is 0 Å². The Kier molecular flexibility index (Phi) is 8.44. The van der Waals surface area contributed by atoms with Crippen molar-refractivity contribution in [2.24, 2.45) is 5.92 Å². The number of ether oxygens (including phenoxy) is 2. The van der Waals surface area contributed by atoms with Crippen LogP contribution < -0.4 is 20.1 Å². The lowest BCUT2D eigenvalue weighted by Crippen LogP contribution is -2.47. The number of amides is 1. The first kappa shape index (κ1) is 22.8. The van der Waals surface area contributed by atoms with Gasteiger partial charge in [0.2, 0.25) is 5.91 Å². The molecule has 2 atom stereocenters. The van der Waals surface area contributed by atoms with Crippen LogP contribution in [0.1, 0.15) is 57.4 Å². The van der Waals surface area contributed by atoms with Crippen LogP contribution in [0.2, 0.25) is 0 Å². The fourth-order valence-corrected chi connectivity index (χ4v) is 4.73. The maximum absolute atomic E-state index is 12.8. The summed E-state index contributed by atoms with van der Waals surface area (Å²) in [7, 11) is 3.34. The normalized spacial score (nSPS) is 24.0. The first-order chi connectivity index (χ1) is 13.1. The van der Waals surface area contributed by atoms with Gasteiger partial charge in [0, 0.05) is 23.9 Å². The van der Waals surface area contributed by atoms with Crippen molar-refractivity contribution >= 4 is 18.3 Å². The van der Waals surface area contributed by atoms with E-state index in [-0.39, 0.29) is 29.6 Å². The van der Waals surface area contributed by atoms with Crippen molar-refractivity contribution in [3.63, 3.8) is 0 Å². The van der Waals surface area contributed by atoms with Gasteiger partial charge in [0.25, 0.3) is 0 Å².